The Morgan fingerprint density at radius 1 is 1.37 bits per heavy atom. The topological polar surface area (TPSA) is 72.8 Å². The number of nitrogens with zero attached hydrogens (tertiary/aromatic N) is 1. The quantitative estimate of drug-likeness (QED) is 0.317. The zero-order valence-corrected chi connectivity index (χ0v) is 18.0. The Bertz CT molecular complexity index is 584. The van der Waals surface area contributed by atoms with E-state index in [1.165, 1.54) is 0 Å². The number of likely N-dealkylation sites (tertiary alicyclic amines) is 1. The van der Waals surface area contributed by atoms with Gasteiger partial charge in [-0.2, -0.15) is 0 Å². The lowest BCUT2D eigenvalue weighted by molar-refractivity contribution is -0.110. The van der Waals surface area contributed by atoms with E-state index >= 15 is 0 Å². The average Bonchev–Trinajstić information content (AvgIpc) is 2.61. The molecule has 3 N–H and O–H groups in total. The molecule has 0 aliphatic carbocycles. The smallest absolute Gasteiger partial charge is 0.207 e. The van der Waals surface area contributed by atoms with E-state index < -0.39 is 17.7 Å². The number of hydrogen-bond acceptors (Lipinski definition) is 4. The molecule has 1 saturated heterocycles. The van der Waals surface area contributed by atoms with Crippen molar-refractivity contribution >= 4 is 18.0 Å². The van der Waals surface area contributed by atoms with Gasteiger partial charge in [0.2, 0.25) is 6.41 Å². The highest BCUT2D eigenvalue weighted by molar-refractivity contribution is 6.29. The molecule has 5 nitrogen and oxygen atoms in total. The summed E-state index contributed by atoms with van der Waals surface area (Å²) in [7, 11) is 0. The molecule has 1 aliphatic heterocycles. The SMILES string of the molecule is CC/C(Cl)=C\C=C(/C)C1(O)CCN(C/C=C/[C@H](NC=O)C(C)O)CC1(C)C. The minimum Gasteiger partial charge on any atom is -0.391 e. The summed E-state index contributed by atoms with van der Waals surface area (Å²) in [5.74, 6) is 0. The molecule has 1 fully saturated rings. The van der Waals surface area contributed by atoms with Gasteiger partial charge in [-0.15, -0.1) is 0 Å². The molecule has 0 spiro atoms. The van der Waals surface area contributed by atoms with Crippen molar-refractivity contribution in [3.8, 4) is 0 Å². The van der Waals surface area contributed by atoms with Crippen LogP contribution in [0.3, 0.4) is 0 Å². The van der Waals surface area contributed by atoms with Crippen LogP contribution in [0, 0.1) is 5.41 Å². The van der Waals surface area contributed by atoms with Gasteiger partial charge in [0.25, 0.3) is 0 Å². The first-order chi connectivity index (χ1) is 12.6. The molecule has 1 rings (SSSR count). The first-order valence-electron chi connectivity index (χ1n) is 9.60. The second kappa shape index (κ2) is 10.4. The molecule has 0 radical (unpaired) electrons. The number of piperidine rings is 1. The molecule has 0 aromatic carbocycles. The summed E-state index contributed by atoms with van der Waals surface area (Å²) in [6.45, 7) is 12.0. The van der Waals surface area contributed by atoms with Gasteiger partial charge in [0, 0.05) is 30.1 Å². The third-order valence-corrected chi connectivity index (χ3v) is 5.91. The van der Waals surface area contributed by atoms with Crippen molar-refractivity contribution in [1.82, 2.24) is 10.2 Å². The zero-order chi connectivity index (χ0) is 20.7. The Hall–Kier alpha value is -1.14. The third-order valence-electron chi connectivity index (χ3n) is 5.52. The van der Waals surface area contributed by atoms with Gasteiger partial charge < -0.3 is 15.5 Å². The summed E-state index contributed by atoms with van der Waals surface area (Å²) in [5, 5.41) is 24.4. The van der Waals surface area contributed by atoms with Crippen molar-refractivity contribution in [2.75, 3.05) is 19.6 Å². The van der Waals surface area contributed by atoms with E-state index in [9.17, 15) is 15.0 Å². The van der Waals surface area contributed by atoms with E-state index in [-0.39, 0.29) is 5.41 Å². The molecular weight excluding hydrogens is 364 g/mol. The maximum Gasteiger partial charge on any atom is 0.207 e. The Morgan fingerprint density at radius 2 is 2.04 bits per heavy atom. The van der Waals surface area contributed by atoms with Gasteiger partial charge in [-0.05, 0) is 38.3 Å². The Labute approximate surface area is 168 Å². The van der Waals surface area contributed by atoms with Gasteiger partial charge in [-0.1, -0.05) is 50.6 Å². The Kier molecular flexibility index (Phi) is 9.22. The van der Waals surface area contributed by atoms with Gasteiger partial charge in [-0.25, -0.2) is 0 Å². The van der Waals surface area contributed by atoms with E-state index in [4.69, 9.17) is 11.6 Å². The van der Waals surface area contributed by atoms with Crippen molar-refractivity contribution < 1.29 is 15.0 Å². The molecule has 1 amide bonds. The largest absolute Gasteiger partial charge is 0.391 e. The van der Waals surface area contributed by atoms with E-state index in [1.807, 2.05) is 38.2 Å². The number of amides is 1. The summed E-state index contributed by atoms with van der Waals surface area (Å²) in [5.41, 5.74) is -0.272. The molecule has 3 atom stereocenters. The van der Waals surface area contributed by atoms with Crippen LogP contribution in [0.2, 0.25) is 0 Å². The standard InChI is InChI=1S/C21H35ClN2O3/c1-6-18(22)10-9-16(2)21(27)11-13-24(14-20(21,4)5)12-7-8-19(17(3)26)23-15-25/h7-10,15,17,19,26-27H,6,11-14H2,1-5H3,(H,23,25)/b8-7+,16-9+,18-10+/t17?,19-,21?/m0/s1. The van der Waals surface area contributed by atoms with Crippen molar-refractivity contribution in [3.05, 3.63) is 34.9 Å². The molecule has 1 aliphatic rings. The summed E-state index contributed by atoms with van der Waals surface area (Å²) in [6, 6.07) is -0.391. The molecule has 0 aromatic rings. The minimum atomic E-state index is -0.879. The maximum absolute atomic E-state index is 11.4. The van der Waals surface area contributed by atoms with E-state index in [1.54, 1.807) is 6.92 Å². The predicted molar refractivity (Wildman–Crippen MR) is 112 cm³/mol. The van der Waals surface area contributed by atoms with Crippen LogP contribution in [-0.2, 0) is 4.79 Å². The van der Waals surface area contributed by atoms with Crippen molar-refractivity contribution in [2.24, 2.45) is 5.41 Å². The van der Waals surface area contributed by atoms with E-state index in [2.05, 4.69) is 24.1 Å². The molecule has 0 saturated carbocycles. The van der Waals surface area contributed by atoms with Crippen LogP contribution in [0.15, 0.2) is 34.9 Å². The lowest BCUT2D eigenvalue weighted by atomic mass is 9.66. The molecular formula is C21H35ClN2O3. The van der Waals surface area contributed by atoms with Crippen LogP contribution < -0.4 is 5.32 Å². The summed E-state index contributed by atoms with van der Waals surface area (Å²) in [6.07, 6.45) is 8.94. The molecule has 1 heterocycles. The highest BCUT2D eigenvalue weighted by Crippen LogP contribution is 2.43. The first-order valence-corrected chi connectivity index (χ1v) is 9.97. The van der Waals surface area contributed by atoms with Crippen molar-refractivity contribution in [1.29, 1.82) is 0 Å². The number of carbonyl (C=O) groups excluding carboxylic acids is 1. The number of carbonyl (C=O) groups is 1. The van der Waals surface area contributed by atoms with Gasteiger partial charge in [0.1, 0.15) is 0 Å². The summed E-state index contributed by atoms with van der Waals surface area (Å²) < 4.78 is 0. The van der Waals surface area contributed by atoms with E-state index in [0.29, 0.717) is 19.4 Å². The van der Waals surface area contributed by atoms with Crippen LogP contribution in [0.1, 0.15) is 47.5 Å². The van der Waals surface area contributed by atoms with Gasteiger partial charge in [0.05, 0.1) is 17.7 Å². The predicted octanol–water partition coefficient (Wildman–Crippen LogP) is 2.98. The molecule has 0 aromatic heterocycles. The normalized spacial score (nSPS) is 26.8. The van der Waals surface area contributed by atoms with Crippen molar-refractivity contribution in [3.63, 3.8) is 0 Å². The fourth-order valence-corrected chi connectivity index (χ4v) is 3.64. The van der Waals surface area contributed by atoms with Gasteiger partial charge in [0.15, 0.2) is 0 Å². The zero-order valence-electron chi connectivity index (χ0n) is 17.2. The molecule has 6 heteroatoms. The van der Waals surface area contributed by atoms with Crippen LogP contribution in [0.5, 0.6) is 0 Å². The van der Waals surface area contributed by atoms with Gasteiger partial charge >= 0.3 is 0 Å². The van der Waals surface area contributed by atoms with Crippen LogP contribution in [-0.4, -0.2) is 58.9 Å². The number of allylic oxidation sites excluding steroid dienone is 3. The highest BCUT2D eigenvalue weighted by Gasteiger charge is 2.48. The van der Waals surface area contributed by atoms with Gasteiger partial charge in [-0.3, -0.25) is 9.69 Å². The first kappa shape index (κ1) is 23.9. The maximum atomic E-state index is 11.4. The average molecular weight is 399 g/mol. The molecule has 154 valence electrons. The van der Waals surface area contributed by atoms with Crippen LogP contribution in [0.25, 0.3) is 0 Å². The number of aliphatic hydroxyl groups excluding tert-OH is 1. The lowest BCUT2D eigenvalue weighted by Gasteiger charge is -2.51. The fourth-order valence-electron chi connectivity index (χ4n) is 3.58. The number of hydrogen-bond donors (Lipinski definition) is 3. The number of aliphatic hydroxyl groups is 2. The number of nitrogens with one attached hydrogen (secondary N) is 1. The fraction of sp³-hybridized carbons (Fsp3) is 0.667. The third kappa shape index (κ3) is 6.46. The van der Waals surface area contributed by atoms with E-state index in [0.717, 1.165) is 30.1 Å². The lowest BCUT2D eigenvalue weighted by Crippen LogP contribution is -2.57. The van der Waals surface area contributed by atoms with Crippen molar-refractivity contribution in [2.45, 2.75) is 65.2 Å². The molecule has 0 bridgehead atoms. The monoisotopic (exact) mass is 398 g/mol. The van der Waals surface area contributed by atoms with Crippen LogP contribution >= 0.6 is 11.6 Å². The Balaban J connectivity index is 2.79. The number of rotatable bonds is 9. The summed E-state index contributed by atoms with van der Waals surface area (Å²) >= 11 is 6.09. The minimum absolute atomic E-state index is 0.322. The molecule has 2 unspecified atom stereocenters. The summed E-state index contributed by atoms with van der Waals surface area (Å²) in [4.78, 5) is 12.9. The Morgan fingerprint density at radius 3 is 2.56 bits per heavy atom. The van der Waals surface area contributed by atoms with Crippen LogP contribution in [0.4, 0.5) is 0 Å². The molecule has 27 heavy (non-hydrogen) atoms. The second-order valence-corrected chi connectivity index (χ2v) is 8.51. The second-order valence-electron chi connectivity index (χ2n) is 8.03. The number of halogens is 1. The highest BCUT2D eigenvalue weighted by atomic mass is 35.5.